The molecule has 0 radical (unpaired) electrons. The van der Waals surface area contributed by atoms with Crippen molar-refractivity contribution in [1.29, 1.82) is 0 Å². The highest BCUT2D eigenvalue weighted by Gasteiger charge is 2.41. The number of carbonyl (C=O) groups is 2. The highest BCUT2D eigenvalue weighted by Crippen LogP contribution is 2.40. The molecule has 1 saturated heterocycles. The molecule has 1 fully saturated rings. The Kier molecular flexibility index (Phi) is 8.22. The first-order valence-corrected chi connectivity index (χ1v) is 14.1. The Bertz CT molecular complexity index is 1410. The molecule has 1 N–H and O–H groups in total. The van der Waals surface area contributed by atoms with Gasteiger partial charge in [0.2, 0.25) is 5.91 Å². The van der Waals surface area contributed by atoms with Crippen molar-refractivity contribution < 1.29 is 18.7 Å². The topological polar surface area (TPSA) is 71.5 Å². The summed E-state index contributed by atoms with van der Waals surface area (Å²) in [6.45, 7) is 4.31. The van der Waals surface area contributed by atoms with Gasteiger partial charge in [-0.2, -0.15) is 0 Å². The number of nitrogens with one attached hydrogen (secondary N) is 1. The van der Waals surface area contributed by atoms with E-state index in [1.54, 1.807) is 18.2 Å². The number of fused-ring (bicyclic) bond motifs is 1. The van der Waals surface area contributed by atoms with Gasteiger partial charge in [0.05, 0.1) is 18.1 Å². The second-order valence-corrected chi connectivity index (χ2v) is 11.2. The number of benzene rings is 2. The van der Waals surface area contributed by atoms with E-state index in [0.717, 1.165) is 47.2 Å². The van der Waals surface area contributed by atoms with E-state index in [1.165, 1.54) is 17.9 Å². The van der Waals surface area contributed by atoms with Gasteiger partial charge in [-0.3, -0.25) is 14.6 Å². The number of ether oxygens (including phenoxy) is 1. The third-order valence-corrected chi connectivity index (χ3v) is 7.49. The highest BCUT2D eigenvalue weighted by atomic mass is 35.5. The summed E-state index contributed by atoms with van der Waals surface area (Å²) >= 11 is 6.56. The van der Waals surface area contributed by atoms with E-state index in [9.17, 15) is 14.0 Å². The average Bonchev–Trinajstić information content (AvgIpc) is 3.36. The predicted molar refractivity (Wildman–Crippen MR) is 154 cm³/mol. The number of likely N-dealkylation sites (tertiary alicyclic amines) is 1. The van der Waals surface area contributed by atoms with Crippen molar-refractivity contribution in [2.45, 2.75) is 57.8 Å². The van der Waals surface area contributed by atoms with Crippen LogP contribution < -0.4 is 10.1 Å². The Labute approximate surface area is 239 Å². The lowest BCUT2D eigenvalue weighted by Gasteiger charge is -2.42. The molecule has 2 aliphatic rings. The van der Waals surface area contributed by atoms with Gasteiger partial charge in [0, 0.05) is 42.1 Å². The zero-order valence-corrected chi connectivity index (χ0v) is 23.5. The maximum atomic E-state index is 13.8. The van der Waals surface area contributed by atoms with Crippen molar-refractivity contribution in [3.05, 3.63) is 94.3 Å². The number of alkyl halides is 1. The summed E-state index contributed by atoms with van der Waals surface area (Å²) in [5, 5.41) is 3.38. The van der Waals surface area contributed by atoms with Gasteiger partial charge in [0.15, 0.2) is 0 Å². The lowest BCUT2D eigenvalue weighted by atomic mass is 9.96. The number of hydrogen-bond donors (Lipinski definition) is 1. The standard InChI is InChI=1S/C32H33ClFN3O3/c1-3-4-5-26-11-6-21(17-35-26)18-36-29(38)13-12-27-15-25-14-24(16-28(33)30(25)40-27)22-7-9-23(10-8-22)31(39)37-19-32(2,34)20-37/h6-14,16-17,27H,3-5,15,18-20H2,1-2H3,(H,36,38). The molecule has 3 aromatic rings. The number of unbranched alkanes of at least 4 members (excludes halogenated alkanes) is 1. The van der Waals surface area contributed by atoms with Gasteiger partial charge in [-0.1, -0.05) is 43.1 Å². The fourth-order valence-corrected chi connectivity index (χ4v) is 5.29. The van der Waals surface area contributed by atoms with Crippen molar-refractivity contribution in [2.24, 2.45) is 0 Å². The minimum Gasteiger partial charge on any atom is -0.484 e. The molecule has 6 nitrogen and oxygen atoms in total. The second-order valence-electron chi connectivity index (χ2n) is 10.8. The molecule has 40 heavy (non-hydrogen) atoms. The molecule has 3 heterocycles. The van der Waals surface area contributed by atoms with Crippen molar-refractivity contribution in [3.8, 4) is 16.9 Å². The Balaban J connectivity index is 1.16. The number of amides is 2. The van der Waals surface area contributed by atoms with Crippen LogP contribution in [0.1, 0.15) is 53.9 Å². The Hall–Kier alpha value is -3.71. The first kappa shape index (κ1) is 27.8. The summed E-state index contributed by atoms with van der Waals surface area (Å²) < 4.78 is 19.8. The second kappa shape index (κ2) is 11.8. The molecule has 2 aliphatic heterocycles. The van der Waals surface area contributed by atoms with E-state index in [4.69, 9.17) is 16.3 Å². The van der Waals surface area contributed by atoms with Crippen LogP contribution in [0, 0.1) is 0 Å². The van der Waals surface area contributed by atoms with Crippen molar-refractivity contribution in [2.75, 3.05) is 13.1 Å². The number of halogens is 2. The Morgan fingerprint density at radius 3 is 2.62 bits per heavy atom. The quantitative estimate of drug-likeness (QED) is 0.320. The lowest BCUT2D eigenvalue weighted by molar-refractivity contribution is -0.116. The van der Waals surface area contributed by atoms with Crippen LogP contribution in [0.25, 0.3) is 11.1 Å². The number of carbonyl (C=O) groups excluding carboxylic acids is 2. The van der Waals surface area contributed by atoms with Crippen LogP contribution in [0.3, 0.4) is 0 Å². The molecule has 1 aromatic heterocycles. The number of rotatable bonds is 9. The van der Waals surface area contributed by atoms with Crippen LogP contribution in [0.15, 0.2) is 66.9 Å². The summed E-state index contributed by atoms with van der Waals surface area (Å²) in [6.07, 6.45) is 8.55. The van der Waals surface area contributed by atoms with Gasteiger partial charge in [-0.05, 0) is 72.9 Å². The molecule has 2 aromatic carbocycles. The van der Waals surface area contributed by atoms with Crippen molar-refractivity contribution >= 4 is 23.4 Å². The van der Waals surface area contributed by atoms with E-state index in [1.807, 2.05) is 42.6 Å². The molecule has 0 spiro atoms. The van der Waals surface area contributed by atoms with Gasteiger partial charge in [0.25, 0.3) is 5.91 Å². The van der Waals surface area contributed by atoms with Gasteiger partial charge >= 0.3 is 0 Å². The van der Waals surface area contributed by atoms with E-state index < -0.39 is 5.67 Å². The molecule has 2 amide bonds. The third kappa shape index (κ3) is 6.53. The Morgan fingerprint density at radius 2 is 1.95 bits per heavy atom. The summed E-state index contributed by atoms with van der Waals surface area (Å²) in [4.78, 5) is 30.9. The first-order chi connectivity index (χ1) is 19.2. The maximum Gasteiger partial charge on any atom is 0.254 e. The summed E-state index contributed by atoms with van der Waals surface area (Å²) in [7, 11) is 0. The lowest BCUT2D eigenvalue weighted by Crippen LogP contribution is -2.59. The van der Waals surface area contributed by atoms with Crippen LogP contribution in [0.4, 0.5) is 4.39 Å². The Morgan fingerprint density at radius 1 is 1.18 bits per heavy atom. The molecular weight excluding hydrogens is 529 g/mol. The minimum atomic E-state index is -1.30. The highest BCUT2D eigenvalue weighted by molar-refractivity contribution is 6.32. The van der Waals surface area contributed by atoms with Gasteiger partial charge in [0.1, 0.15) is 17.5 Å². The van der Waals surface area contributed by atoms with Crippen LogP contribution in [-0.2, 0) is 24.2 Å². The van der Waals surface area contributed by atoms with Crippen LogP contribution in [-0.4, -0.2) is 46.6 Å². The molecular formula is C32H33ClFN3O3. The average molecular weight is 562 g/mol. The van der Waals surface area contributed by atoms with Crippen molar-refractivity contribution in [3.63, 3.8) is 0 Å². The molecule has 8 heteroatoms. The van der Waals surface area contributed by atoms with Gasteiger partial charge < -0.3 is 15.0 Å². The largest absolute Gasteiger partial charge is 0.484 e. The minimum absolute atomic E-state index is 0.121. The summed E-state index contributed by atoms with van der Waals surface area (Å²) in [6, 6.07) is 15.1. The monoisotopic (exact) mass is 561 g/mol. The van der Waals surface area contributed by atoms with E-state index in [2.05, 4.69) is 17.2 Å². The SMILES string of the molecule is CCCCc1ccc(CNC(=O)C=CC2Cc3cc(-c4ccc(C(=O)N5CC(C)(F)C5)cc4)cc(Cl)c3O2)cn1. The van der Waals surface area contributed by atoms with E-state index >= 15 is 0 Å². The molecule has 0 saturated carbocycles. The normalized spacial score (nSPS) is 17.3. The smallest absolute Gasteiger partial charge is 0.254 e. The number of nitrogens with zero attached hydrogens (tertiary/aromatic N) is 2. The third-order valence-electron chi connectivity index (χ3n) is 7.21. The fraction of sp³-hybridized carbons (Fsp3) is 0.344. The molecule has 1 unspecified atom stereocenters. The molecule has 208 valence electrons. The van der Waals surface area contributed by atoms with Gasteiger partial charge in [-0.15, -0.1) is 0 Å². The molecule has 1 atom stereocenters. The molecule has 0 bridgehead atoms. The molecule has 0 aliphatic carbocycles. The van der Waals surface area contributed by atoms with Gasteiger partial charge in [-0.25, -0.2) is 4.39 Å². The first-order valence-electron chi connectivity index (χ1n) is 13.7. The van der Waals surface area contributed by atoms with E-state index in [0.29, 0.717) is 29.3 Å². The van der Waals surface area contributed by atoms with Crippen molar-refractivity contribution in [1.82, 2.24) is 15.2 Å². The predicted octanol–water partition coefficient (Wildman–Crippen LogP) is 6.10. The van der Waals surface area contributed by atoms with Crippen LogP contribution in [0.5, 0.6) is 5.75 Å². The zero-order valence-electron chi connectivity index (χ0n) is 22.8. The summed E-state index contributed by atoms with van der Waals surface area (Å²) in [5.74, 6) is 0.247. The number of pyridine rings is 1. The number of aromatic nitrogens is 1. The maximum absolute atomic E-state index is 13.8. The van der Waals surface area contributed by atoms with Crippen LogP contribution >= 0.6 is 11.6 Å². The summed E-state index contributed by atoms with van der Waals surface area (Å²) in [5.41, 5.74) is 4.01. The number of hydrogen-bond acceptors (Lipinski definition) is 4. The molecule has 5 rings (SSSR count). The fourth-order valence-electron chi connectivity index (χ4n) is 5.01. The zero-order chi connectivity index (χ0) is 28.3. The number of aryl methyl sites for hydroxylation is 1. The van der Waals surface area contributed by atoms with Crippen LogP contribution in [0.2, 0.25) is 5.02 Å². The van der Waals surface area contributed by atoms with E-state index in [-0.39, 0.29) is 31.0 Å².